The Morgan fingerprint density at radius 2 is 1.90 bits per heavy atom. The molecule has 3 aromatic rings. The van der Waals surface area contributed by atoms with Gasteiger partial charge in [-0.1, -0.05) is 19.1 Å². The van der Waals surface area contributed by atoms with Crippen molar-refractivity contribution in [1.29, 1.82) is 0 Å². The monoisotopic (exact) mass is 406 g/mol. The van der Waals surface area contributed by atoms with E-state index in [1.54, 1.807) is 27.8 Å². The molecular formula is C23H26N4O3. The van der Waals surface area contributed by atoms with Gasteiger partial charge in [-0.05, 0) is 44.0 Å². The highest BCUT2D eigenvalue weighted by Gasteiger charge is 2.35. The lowest BCUT2D eigenvalue weighted by Crippen LogP contribution is -2.50. The molecular weight excluding hydrogens is 380 g/mol. The van der Waals surface area contributed by atoms with Crippen LogP contribution in [0.15, 0.2) is 47.4 Å². The van der Waals surface area contributed by atoms with Crippen LogP contribution in [0.2, 0.25) is 0 Å². The molecule has 4 rings (SSSR count). The average molecular weight is 406 g/mol. The highest BCUT2D eigenvalue weighted by Crippen LogP contribution is 2.25. The fourth-order valence-corrected chi connectivity index (χ4v) is 4.00. The van der Waals surface area contributed by atoms with E-state index >= 15 is 0 Å². The summed E-state index contributed by atoms with van der Waals surface area (Å²) in [5.74, 6) is 0.583. The molecule has 2 aromatic heterocycles. The molecule has 0 unspecified atom stereocenters. The first-order valence-corrected chi connectivity index (χ1v) is 10.3. The van der Waals surface area contributed by atoms with Crippen molar-refractivity contribution in [1.82, 2.24) is 19.4 Å². The zero-order valence-corrected chi connectivity index (χ0v) is 17.3. The number of rotatable bonds is 4. The summed E-state index contributed by atoms with van der Waals surface area (Å²) in [4.78, 5) is 36.3. The summed E-state index contributed by atoms with van der Waals surface area (Å²) >= 11 is 0. The third kappa shape index (κ3) is 3.85. The molecule has 3 heterocycles. The number of aliphatic hydroxyl groups is 1. The van der Waals surface area contributed by atoms with E-state index in [4.69, 9.17) is 0 Å². The number of likely N-dealkylation sites (tertiary alicyclic amines) is 1. The van der Waals surface area contributed by atoms with Crippen LogP contribution in [0.4, 0.5) is 0 Å². The predicted octanol–water partition coefficient (Wildman–Crippen LogP) is 2.33. The fraction of sp³-hybridized carbons (Fsp3) is 0.391. The van der Waals surface area contributed by atoms with Gasteiger partial charge in [-0.2, -0.15) is 0 Å². The number of aryl methyl sites for hydroxylation is 2. The Morgan fingerprint density at radius 1 is 1.17 bits per heavy atom. The van der Waals surface area contributed by atoms with Crippen LogP contribution in [0.25, 0.3) is 10.9 Å². The van der Waals surface area contributed by atoms with Gasteiger partial charge in [0.1, 0.15) is 5.82 Å². The summed E-state index contributed by atoms with van der Waals surface area (Å²) < 4.78 is 1.60. The second-order valence-corrected chi connectivity index (χ2v) is 7.99. The first-order chi connectivity index (χ1) is 14.4. The molecule has 7 heteroatoms. The third-order valence-corrected chi connectivity index (χ3v) is 5.85. The highest BCUT2D eigenvalue weighted by molar-refractivity contribution is 5.94. The number of amides is 1. The molecule has 0 atom stereocenters. The van der Waals surface area contributed by atoms with Crippen LogP contribution in [0.3, 0.4) is 0 Å². The van der Waals surface area contributed by atoms with Crippen LogP contribution in [0.1, 0.15) is 41.6 Å². The van der Waals surface area contributed by atoms with Gasteiger partial charge in [0.25, 0.3) is 11.5 Å². The van der Waals surface area contributed by atoms with Crippen molar-refractivity contribution in [2.45, 2.75) is 45.3 Å². The van der Waals surface area contributed by atoms with Crippen LogP contribution in [-0.4, -0.2) is 49.1 Å². The molecule has 1 aliphatic rings. The van der Waals surface area contributed by atoms with Gasteiger partial charge in [-0.15, -0.1) is 0 Å². The summed E-state index contributed by atoms with van der Waals surface area (Å²) in [6.45, 7) is 4.87. The minimum absolute atomic E-state index is 0.0802. The lowest BCUT2D eigenvalue weighted by Gasteiger charge is -2.38. The maximum atomic E-state index is 13.0. The Morgan fingerprint density at radius 3 is 2.57 bits per heavy atom. The highest BCUT2D eigenvalue weighted by atomic mass is 16.3. The topological polar surface area (TPSA) is 88.3 Å². The molecule has 156 valence electrons. The Labute approximate surface area is 175 Å². The molecule has 30 heavy (non-hydrogen) atoms. The molecule has 1 saturated heterocycles. The molecule has 1 aromatic carbocycles. The smallest absolute Gasteiger partial charge is 0.261 e. The first-order valence-electron chi connectivity index (χ1n) is 10.3. The number of carbonyl (C=O) groups is 1. The maximum absolute atomic E-state index is 13.0. The number of hydrogen-bond acceptors (Lipinski definition) is 5. The largest absolute Gasteiger partial charge is 0.388 e. The Balaban J connectivity index is 1.53. The zero-order chi connectivity index (χ0) is 21.3. The van der Waals surface area contributed by atoms with E-state index in [0.29, 0.717) is 54.6 Å². The van der Waals surface area contributed by atoms with Crippen LogP contribution >= 0.6 is 0 Å². The van der Waals surface area contributed by atoms with Gasteiger partial charge in [0.05, 0.1) is 28.6 Å². The molecule has 0 saturated carbocycles. The lowest BCUT2D eigenvalue weighted by atomic mass is 9.90. The van der Waals surface area contributed by atoms with E-state index in [9.17, 15) is 14.7 Å². The Hall–Kier alpha value is -3.06. The van der Waals surface area contributed by atoms with Gasteiger partial charge in [-0.3, -0.25) is 19.1 Å². The van der Waals surface area contributed by atoms with Gasteiger partial charge in [0, 0.05) is 31.4 Å². The number of pyridine rings is 1. The summed E-state index contributed by atoms with van der Waals surface area (Å²) in [5.41, 5.74) is 0.903. The van der Waals surface area contributed by atoms with E-state index in [-0.39, 0.29) is 18.0 Å². The van der Waals surface area contributed by atoms with Crippen LogP contribution in [-0.2, 0) is 13.0 Å². The zero-order valence-electron chi connectivity index (χ0n) is 17.3. The molecule has 0 aliphatic carbocycles. The van der Waals surface area contributed by atoms with Crippen molar-refractivity contribution in [2.24, 2.45) is 0 Å². The van der Waals surface area contributed by atoms with Gasteiger partial charge >= 0.3 is 0 Å². The van der Waals surface area contributed by atoms with Crippen LogP contribution in [0, 0.1) is 6.92 Å². The molecule has 1 aliphatic heterocycles. The minimum atomic E-state index is -1.06. The summed E-state index contributed by atoms with van der Waals surface area (Å²) in [7, 11) is 0. The standard InChI is InChI=1S/C23H26N4O3/c1-3-20-25-19-7-5-4-6-18(19)22(29)27(20)15-23(30)10-12-26(13-11-23)21(28)17-9-8-16(2)24-14-17/h4-9,14,30H,3,10-13,15H2,1-2H3. The Kier molecular flexibility index (Phi) is 5.39. The normalized spacial score (nSPS) is 16.0. The lowest BCUT2D eigenvalue weighted by molar-refractivity contribution is -0.0304. The SMILES string of the molecule is CCc1nc2ccccc2c(=O)n1CC1(O)CCN(C(=O)c2ccc(C)nc2)CC1. The fourth-order valence-electron chi connectivity index (χ4n) is 4.00. The quantitative estimate of drug-likeness (QED) is 0.718. The second-order valence-electron chi connectivity index (χ2n) is 7.99. The van der Waals surface area contributed by atoms with E-state index in [1.165, 1.54) is 0 Å². The minimum Gasteiger partial charge on any atom is -0.388 e. The van der Waals surface area contributed by atoms with Crippen molar-refractivity contribution in [3.63, 3.8) is 0 Å². The molecule has 0 spiro atoms. The number of fused-ring (bicyclic) bond motifs is 1. The molecule has 7 nitrogen and oxygen atoms in total. The molecule has 1 N–H and O–H groups in total. The van der Waals surface area contributed by atoms with E-state index in [0.717, 1.165) is 5.69 Å². The van der Waals surface area contributed by atoms with Crippen molar-refractivity contribution in [3.8, 4) is 0 Å². The van der Waals surface area contributed by atoms with Crippen molar-refractivity contribution >= 4 is 16.8 Å². The average Bonchev–Trinajstić information content (AvgIpc) is 2.76. The number of para-hydroxylation sites is 1. The molecule has 0 bridgehead atoms. The number of hydrogen-bond donors (Lipinski definition) is 1. The molecule has 1 fully saturated rings. The number of nitrogens with zero attached hydrogens (tertiary/aromatic N) is 4. The van der Waals surface area contributed by atoms with Crippen LogP contribution < -0.4 is 5.56 Å². The second kappa shape index (κ2) is 7.99. The number of aromatic nitrogens is 3. The van der Waals surface area contributed by atoms with Crippen molar-refractivity contribution in [2.75, 3.05) is 13.1 Å². The summed E-state index contributed by atoms with van der Waals surface area (Å²) in [5, 5.41) is 11.8. The predicted molar refractivity (Wildman–Crippen MR) is 114 cm³/mol. The van der Waals surface area contributed by atoms with Crippen molar-refractivity contribution in [3.05, 3.63) is 70.0 Å². The summed E-state index contributed by atoms with van der Waals surface area (Å²) in [6.07, 6.45) is 2.99. The van der Waals surface area contributed by atoms with Crippen LogP contribution in [0.5, 0.6) is 0 Å². The molecule has 1 amide bonds. The van der Waals surface area contributed by atoms with Gasteiger partial charge in [0.15, 0.2) is 0 Å². The van der Waals surface area contributed by atoms with Gasteiger partial charge in [0.2, 0.25) is 0 Å². The van der Waals surface area contributed by atoms with E-state index < -0.39 is 5.60 Å². The summed E-state index contributed by atoms with van der Waals surface area (Å²) in [6, 6.07) is 10.9. The van der Waals surface area contributed by atoms with E-state index in [2.05, 4.69) is 9.97 Å². The van der Waals surface area contributed by atoms with Gasteiger partial charge in [-0.25, -0.2) is 4.98 Å². The Bertz CT molecular complexity index is 1130. The van der Waals surface area contributed by atoms with Crippen molar-refractivity contribution < 1.29 is 9.90 Å². The van der Waals surface area contributed by atoms with Gasteiger partial charge < -0.3 is 10.0 Å². The number of piperidine rings is 1. The third-order valence-electron chi connectivity index (χ3n) is 5.85. The molecule has 0 radical (unpaired) electrons. The number of carbonyl (C=O) groups excluding carboxylic acids is 1. The first kappa shape index (κ1) is 20.2. The van der Waals surface area contributed by atoms with E-state index in [1.807, 2.05) is 38.1 Å². The maximum Gasteiger partial charge on any atom is 0.261 e. The number of benzene rings is 1.